The lowest BCUT2D eigenvalue weighted by Crippen LogP contribution is -2.51. The van der Waals surface area contributed by atoms with Gasteiger partial charge in [0.2, 0.25) is 11.8 Å². The van der Waals surface area contributed by atoms with Crippen LogP contribution in [0.15, 0.2) is 83.3 Å². The average Bonchev–Trinajstić information content (AvgIpc) is 2.86. The molecule has 0 unspecified atom stereocenters. The first kappa shape index (κ1) is 28.0. The second-order valence-electron chi connectivity index (χ2n) is 9.42. The number of carbonyl (C=O) groups excluding carboxylic acids is 2. The van der Waals surface area contributed by atoms with Gasteiger partial charge in [-0.3, -0.25) is 9.59 Å². The number of benzene rings is 3. The SMILES string of the molecule is Cc1ccccc1CSCC(=O)N(Cc1cccc(Br)c1)[C@H](Cc1ccccc1)C(=O)NCC(C)C. The second-order valence-corrected chi connectivity index (χ2v) is 11.3. The Morgan fingerprint density at radius 2 is 1.64 bits per heavy atom. The summed E-state index contributed by atoms with van der Waals surface area (Å²) in [4.78, 5) is 28.9. The zero-order chi connectivity index (χ0) is 25.9. The number of hydrogen-bond acceptors (Lipinski definition) is 3. The molecule has 0 saturated heterocycles. The minimum absolute atomic E-state index is 0.0332. The van der Waals surface area contributed by atoms with Gasteiger partial charge in [-0.1, -0.05) is 96.5 Å². The number of halogens is 1. The summed E-state index contributed by atoms with van der Waals surface area (Å²) >= 11 is 5.13. The van der Waals surface area contributed by atoms with Gasteiger partial charge in [0.1, 0.15) is 6.04 Å². The summed E-state index contributed by atoms with van der Waals surface area (Å²) in [6.45, 7) is 7.17. The van der Waals surface area contributed by atoms with Crippen LogP contribution in [-0.4, -0.2) is 35.1 Å². The highest BCUT2D eigenvalue weighted by Gasteiger charge is 2.30. The minimum Gasteiger partial charge on any atom is -0.354 e. The molecule has 190 valence electrons. The Morgan fingerprint density at radius 3 is 2.33 bits per heavy atom. The smallest absolute Gasteiger partial charge is 0.243 e. The molecule has 0 aliphatic heterocycles. The number of nitrogens with one attached hydrogen (secondary N) is 1. The van der Waals surface area contributed by atoms with E-state index in [1.165, 1.54) is 11.1 Å². The predicted molar refractivity (Wildman–Crippen MR) is 154 cm³/mol. The molecule has 0 radical (unpaired) electrons. The molecule has 0 spiro atoms. The fourth-order valence-electron chi connectivity index (χ4n) is 3.91. The molecule has 1 N–H and O–H groups in total. The van der Waals surface area contributed by atoms with E-state index < -0.39 is 6.04 Å². The first-order valence-corrected chi connectivity index (χ1v) is 14.3. The van der Waals surface area contributed by atoms with Crippen molar-refractivity contribution in [2.75, 3.05) is 12.3 Å². The monoisotopic (exact) mass is 566 g/mol. The maximum atomic E-state index is 13.7. The van der Waals surface area contributed by atoms with Gasteiger partial charge in [-0.05, 0) is 47.2 Å². The highest BCUT2D eigenvalue weighted by molar-refractivity contribution is 9.10. The first-order valence-electron chi connectivity index (χ1n) is 12.3. The van der Waals surface area contributed by atoms with Crippen LogP contribution in [0.5, 0.6) is 0 Å². The molecule has 3 rings (SSSR count). The number of thioether (sulfide) groups is 1. The first-order chi connectivity index (χ1) is 17.3. The summed E-state index contributed by atoms with van der Waals surface area (Å²) in [7, 11) is 0. The lowest BCUT2D eigenvalue weighted by molar-refractivity contribution is -0.139. The fraction of sp³-hybridized carbons (Fsp3) is 0.333. The van der Waals surface area contributed by atoms with Crippen LogP contribution in [0.25, 0.3) is 0 Å². The minimum atomic E-state index is -0.600. The van der Waals surface area contributed by atoms with E-state index in [1.807, 2.05) is 66.7 Å². The van der Waals surface area contributed by atoms with Crippen molar-refractivity contribution in [2.45, 2.75) is 45.5 Å². The molecule has 36 heavy (non-hydrogen) atoms. The molecule has 0 heterocycles. The number of carbonyl (C=O) groups is 2. The molecule has 0 fully saturated rings. The van der Waals surface area contributed by atoms with Gasteiger partial charge in [0, 0.05) is 29.7 Å². The molecule has 3 aromatic carbocycles. The highest BCUT2D eigenvalue weighted by atomic mass is 79.9. The second kappa shape index (κ2) is 14.2. The lowest BCUT2D eigenvalue weighted by Gasteiger charge is -2.32. The number of aryl methyl sites for hydroxylation is 1. The molecule has 0 aromatic heterocycles. The predicted octanol–water partition coefficient (Wildman–Crippen LogP) is 6.40. The van der Waals surface area contributed by atoms with Crippen molar-refractivity contribution in [2.24, 2.45) is 5.92 Å². The third-order valence-corrected chi connectivity index (χ3v) is 7.40. The molecule has 0 bridgehead atoms. The van der Waals surface area contributed by atoms with Crippen LogP contribution in [0.4, 0.5) is 0 Å². The van der Waals surface area contributed by atoms with Crippen molar-refractivity contribution in [3.8, 4) is 0 Å². The quantitative estimate of drug-likeness (QED) is 0.276. The Balaban J connectivity index is 1.85. The van der Waals surface area contributed by atoms with E-state index in [0.29, 0.717) is 31.2 Å². The molecule has 4 nitrogen and oxygen atoms in total. The summed E-state index contributed by atoms with van der Waals surface area (Å²) < 4.78 is 0.949. The Morgan fingerprint density at radius 1 is 0.944 bits per heavy atom. The van der Waals surface area contributed by atoms with Gasteiger partial charge in [0.05, 0.1) is 5.75 Å². The molecule has 3 aromatic rings. The molecule has 0 saturated carbocycles. The Bertz CT molecular complexity index is 1140. The van der Waals surface area contributed by atoms with Gasteiger partial charge in [0.15, 0.2) is 0 Å². The lowest BCUT2D eigenvalue weighted by atomic mass is 10.0. The summed E-state index contributed by atoms with van der Waals surface area (Å²) in [5.41, 5.74) is 4.46. The maximum Gasteiger partial charge on any atom is 0.243 e. The Hall–Kier alpha value is -2.57. The van der Waals surface area contributed by atoms with Gasteiger partial charge in [0.25, 0.3) is 0 Å². The van der Waals surface area contributed by atoms with E-state index in [4.69, 9.17) is 0 Å². The van der Waals surface area contributed by atoms with Crippen LogP contribution in [0.2, 0.25) is 0 Å². The van der Waals surface area contributed by atoms with Crippen LogP contribution in [0, 0.1) is 12.8 Å². The molecule has 0 aliphatic rings. The van der Waals surface area contributed by atoms with Crippen LogP contribution in [0.3, 0.4) is 0 Å². The van der Waals surface area contributed by atoms with Gasteiger partial charge in [-0.15, -0.1) is 11.8 Å². The number of hydrogen-bond donors (Lipinski definition) is 1. The zero-order valence-corrected chi connectivity index (χ0v) is 23.6. The summed E-state index contributed by atoms with van der Waals surface area (Å²) in [5, 5.41) is 3.08. The van der Waals surface area contributed by atoms with Crippen molar-refractivity contribution in [3.63, 3.8) is 0 Å². The van der Waals surface area contributed by atoms with Crippen molar-refractivity contribution in [1.29, 1.82) is 0 Å². The van der Waals surface area contributed by atoms with Crippen molar-refractivity contribution >= 4 is 39.5 Å². The molecular weight excluding hydrogens is 532 g/mol. The Kier molecular flexibility index (Phi) is 11.1. The van der Waals surface area contributed by atoms with Gasteiger partial charge in [-0.2, -0.15) is 0 Å². The van der Waals surface area contributed by atoms with Gasteiger partial charge in [-0.25, -0.2) is 0 Å². The van der Waals surface area contributed by atoms with E-state index in [2.05, 4.69) is 54.2 Å². The number of amides is 2. The van der Waals surface area contributed by atoms with Crippen molar-refractivity contribution in [3.05, 3.63) is 106 Å². The fourth-order valence-corrected chi connectivity index (χ4v) is 5.34. The summed E-state index contributed by atoms with van der Waals surface area (Å²) in [6, 6.07) is 25.5. The van der Waals surface area contributed by atoms with Crippen LogP contribution < -0.4 is 5.32 Å². The molecule has 1 atom stereocenters. The largest absolute Gasteiger partial charge is 0.354 e. The Labute approximate surface area is 228 Å². The standard InChI is InChI=1S/C30H35BrN2O2S/c1-22(2)18-32-30(35)28(17-24-11-5-4-6-12-24)33(19-25-13-9-15-27(31)16-25)29(34)21-36-20-26-14-8-7-10-23(26)3/h4-16,22,28H,17-21H2,1-3H3,(H,32,35)/t28-/m1/s1. The van der Waals surface area contributed by atoms with Crippen LogP contribution in [-0.2, 0) is 28.3 Å². The average molecular weight is 568 g/mol. The topological polar surface area (TPSA) is 49.4 Å². The van der Waals surface area contributed by atoms with E-state index >= 15 is 0 Å². The van der Waals surface area contributed by atoms with Gasteiger partial charge < -0.3 is 10.2 Å². The maximum absolute atomic E-state index is 13.7. The van der Waals surface area contributed by atoms with Crippen LogP contribution in [0.1, 0.15) is 36.1 Å². The van der Waals surface area contributed by atoms with E-state index in [-0.39, 0.29) is 11.8 Å². The highest BCUT2D eigenvalue weighted by Crippen LogP contribution is 2.21. The molecule has 0 aliphatic carbocycles. The molecule has 6 heteroatoms. The molecule has 2 amide bonds. The van der Waals surface area contributed by atoms with Crippen LogP contribution >= 0.6 is 27.7 Å². The summed E-state index contributed by atoms with van der Waals surface area (Å²) in [6.07, 6.45) is 0.465. The summed E-state index contributed by atoms with van der Waals surface area (Å²) in [5.74, 6) is 1.25. The van der Waals surface area contributed by atoms with E-state index in [9.17, 15) is 9.59 Å². The number of rotatable bonds is 12. The van der Waals surface area contributed by atoms with Crippen molar-refractivity contribution in [1.82, 2.24) is 10.2 Å². The van der Waals surface area contributed by atoms with E-state index in [0.717, 1.165) is 21.4 Å². The zero-order valence-electron chi connectivity index (χ0n) is 21.2. The normalized spacial score (nSPS) is 11.8. The van der Waals surface area contributed by atoms with Crippen molar-refractivity contribution < 1.29 is 9.59 Å². The van der Waals surface area contributed by atoms with Gasteiger partial charge >= 0.3 is 0 Å². The number of nitrogens with zero attached hydrogens (tertiary/aromatic N) is 1. The third-order valence-electron chi connectivity index (χ3n) is 5.94. The molecular formula is C30H35BrN2O2S. The third kappa shape index (κ3) is 8.82. The van der Waals surface area contributed by atoms with E-state index in [1.54, 1.807) is 16.7 Å².